The van der Waals surface area contributed by atoms with Gasteiger partial charge in [-0.2, -0.15) is 4.98 Å². The number of hydrogen-bond donors (Lipinski definition) is 2. The zero-order chi connectivity index (χ0) is 12.7. The Bertz CT molecular complexity index is 343. The standard InChI is InChI=1S/C12H22N4O/c1-4-10(13)6-7-14-11-8-12(17-5-2)16-9(3)15-11/h8,10H,4-7,13H2,1-3H3,(H,14,15,16). The van der Waals surface area contributed by atoms with Crippen molar-refractivity contribution in [3.8, 4) is 5.88 Å². The molecular weight excluding hydrogens is 216 g/mol. The van der Waals surface area contributed by atoms with Crippen molar-refractivity contribution in [1.29, 1.82) is 0 Å². The van der Waals surface area contributed by atoms with Gasteiger partial charge in [-0.05, 0) is 26.7 Å². The number of nitrogens with two attached hydrogens (primary N) is 1. The predicted octanol–water partition coefficient (Wildman–Crippen LogP) is 1.72. The molecular formula is C12H22N4O. The van der Waals surface area contributed by atoms with Crippen LogP contribution in [0.5, 0.6) is 5.88 Å². The van der Waals surface area contributed by atoms with E-state index in [0.29, 0.717) is 18.3 Å². The molecule has 0 saturated carbocycles. The molecule has 0 spiro atoms. The Kier molecular flexibility index (Phi) is 5.69. The molecule has 0 bridgehead atoms. The summed E-state index contributed by atoms with van der Waals surface area (Å²) in [7, 11) is 0. The first kappa shape index (κ1) is 13.7. The first-order valence-electron chi connectivity index (χ1n) is 6.13. The smallest absolute Gasteiger partial charge is 0.218 e. The number of rotatable bonds is 7. The van der Waals surface area contributed by atoms with Crippen molar-refractivity contribution >= 4 is 5.82 Å². The summed E-state index contributed by atoms with van der Waals surface area (Å²) >= 11 is 0. The van der Waals surface area contributed by atoms with Crippen molar-refractivity contribution < 1.29 is 4.74 Å². The Labute approximate surface area is 103 Å². The highest BCUT2D eigenvalue weighted by molar-refractivity contribution is 5.38. The van der Waals surface area contributed by atoms with Gasteiger partial charge in [0.1, 0.15) is 11.6 Å². The highest BCUT2D eigenvalue weighted by Crippen LogP contribution is 2.13. The van der Waals surface area contributed by atoms with Gasteiger partial charge in [0.2, 0.25) is 5.88 Å². The fraction of sp³-hybridized carbons (Fsp3) is 0.667. The third kappa shape index (κ3) is 4.99. The molecule has 1 atom stereocenters. The van der Waals surface area contributed by atoms with Gasteiger partial charge in [-0.25, -0.2) is 4.98 Å². The van der Waals surface area contributed by atoms with Gasteiger partial charge >= 0.3 is 0 Å². The van der Waals surface area contributed by atoms with E-state index in [9.17, 15) is 0 Å². The predicted molar refractivity (Wildman–Crippen MR) is 69.3 cm³/mol. The van der Waals surface area contributed by atoms with E-state index in [0.717, 1.165) is 25.2 Å². The molecule has 0 aliphatic rings. The molecule has 1 aromatic heterocycles. The van der Waals surface area contributed by atoms with Crippen LogP contribution in [0.1, 0.15) is 32.5 Å². The van der Waals surface area contributed by atoms with Gasteiger partial charge < -0.3 is 15.8 Å². The molecule has 0 saturated heterocycles. The molecule has 0 aliphatic carbocycles. The lowest BCUT2D eigenvalue weighted by Crippen LogP contribution is -2.22. The van der Waals surface area contributed by atoms with E-state index in [1.54, 1.807) is 0 Å². The maximum atomic E-state index is 5.85. The molecule has 1 unspecified atom stereocenters. The zero-order valence-corrected chi connectivity index (χ0v) is 10.9. The molecule has 17 heavy (non-hydrogen) atoms. The SMILES string of the molecule is CCOc1cc(NCCC(N)CC)nc(C)n1. The summed E-state index contributed by atoms with van der Waals surface area (Å²) in [5.41, 5.74) is 5.85. The summed E-state index contributed by atoms with van der Waals surface area (Å²) in [5.74, 6) is 2.12. The lowest BCUT2D eigenvalue weighted by molar-refractivity contribution is 0.325. The summed E-state index contributed by atoms with van der Waals surface area (Å²) in [6.07, 6.45) is 1.93. The van der Waals surface area contributed by atoms with Crippen LogP contribution >= 0.6 is 0 Å². The summed E-state index contributed by atoms with van der Waals surface area (Å²) in [5, 5.41) is 3.24. The molecule has 1 aromatic rings. The Morgan fingerprint density at radius 3 is 2.82 bits per heavy atom. The monoisotopic (exact) mass is 238 g/mol. The van der Waals surface area contributed by atoms with E-state index < -0.39 is 0 Å². The van der Waals surface area contributed by atoms with Crippen molar-refractivity contribution in [3.63, 3.8) is 0 Å². The van der Waals surface area contributed by atoms with Gasteiger partial charge in [0.05, 0.1) is 6.61 Å². The van der Waals surface area contributed by atoms with Crippen LogP contribution in [0.3, 0.4) is 0 Å². The second-order valence-electron chi connectivity index (χ2n) is 3.96. The fourth-order valence-electron chi connectivity index (χ4n) is 1.44. The average molecular weight is 238 g/mol. The third-order valence-corrected chi connectivity index (χ3v) is 2.45. The van der Waals surface area contributed by atoms with E-state index in [1.165, 1.54) is 0 Å². The molecule has 3 N–H and O–H groups in total. The first-order valence-corrected chi connectivity index (χ1v) is 6.13. The van der Waals surface area contributed by atoms with Gasteiger partial charge in [0.15, 0.2) is 0 Å². The van der Waals surface area contributed by atoms with Crippen LogP contribution < -0.4 is 15.8 Å². The number of nitrogens with one attached hydrogen (secondary N) is 1. The maximum Gasteiger partial charge on any atom is 0.218 e. The molecule has 1 heterocycles. The topological polar surface area (TPSA) is 73.1 Å². The quantitative estimate of drug-likeness (QED) is 0.756. The van der Waals surface area contributed by atoms with Crippen LogP contribution in [0.15, 0.2) is 6.07 Å². The van der Waals surface area contributed by atoms with Crippen molar-refractivity contribution in [1.82, 2.24) is 9.97 Å². The number of anilines is 1. The Hall–Kier alpha value is -1.36. The molecule has 0 radical (unpaired) electrons. The zero-order valence-electron chi connectivity index (χ0n) is 10.9. The van der Waals surface area contributed by atoms with Crippen LogP contribution in [0.2, 0.25) is 0 Å². The van der Waals surface area contributed by atoms with Crippen molar-refractivity contribution in [2.24, 2.45) is 5.73 Å². The third-order valence-electron chi connectivity index (χ3n) is 2.45. The highest BCUT2D eigenvalue weighted by atomic mass is 16.5. The van der Waals surface area contributed by atoms with E-state index in [-0.39, 0.29) is 6.04 Å². The lowest BCUT2D eigenvalue weighted by atomic mass is 10.2. The minimum atomic E-state index is 0.247. The summed E-state index contributed by atoms with van der Waals surface area (Å²) in [6.45, 7) is 7.30. The van der Waals surface area contributed by atoms with Crippen molar-refractivity contribution in [2.45, 2.75) is 39.7 Å². The van der Waals surface area contributed by atoms with Crippen LogP contribution in [0.4, 0.5) is 5.82 Å². The van der Waals surface area contributed by atoms with Gasteiger partial charge in [-0.3, -0.25) is 0 Å². The van der Waals surface area contributed by atoms with Gasteiger partial charge in [-0.1, -0.05) is 6.92 Å². The second-order valence-corrected chi connectivity index (χ2v) is 3.96. The van der Waals surface area contributed by atoms with Crippen LogP contribution in [-0.2, 0) is 0 Å². The maximum absolute atomic E-state index is 5.85. The van der Waals surface area contributed by atoms with E-state index in [1.807, 2.05) is 19.9 Å². The van der Waals surface area contributed by atoms with E-state index in [2.05, 4.69) is 22.2 Å². The molecule has 1 rings (SSSR count). The number of ether oxygens (including phenoxy) is 1. The van der Waals surface area contributed by atoms with Gasteiger partial charge in [0, 0.05) is 18.7 Å². The van der Waals surface area contributed by atoms with Crippen molar-refractivity contribution in [2.75, 3.05) is 18.5 Å². The molecule has 5 heteroatoms. The van der Waals surface area contributed by atoms with Crippen LogP contribution in [0.25, 0.3) is 0 Å². The normalized spacial score (nSPS) is 12.2. The lowest BCUT2D eigenvalue weighted by Gasteiger charge is -2.11. The molecule has 0 fully saturated rings. The number of nitrogens with zero attached hydrogens (tertiary/aromatic N) is 2. The Morgan fingerprint density at radius 1 is 1.41 bits per heavy atom. The van der Waals surface area contributed by atoms with E-state index in [4.69, 9.17) is 10.5 Å². The van der Waals surface area contributed by atoms with Crippen molar-refractivity contribution in [3.05, 3.63) is 11.9 Å². The minimum Gasteiger partial charge on any atom is -0.478 e. The summed E-state index contributed by atoms with van der Waals surface area (Å²) in [4.78, 5) is 8.48. The van der Waals surface area contributed by atoms with Crippen LogP contribution in [0, 0.1) is 6.92 Å². The van der Waals surface area contributed by atoms with Gasteiger partial charge in [-0.15, -0.1) is 0 Å². The number of aryl methyl sites for hydroxylation is 1. The molecule has 96 valence electrons. The Morgan fingerprint density at radius 2 is 2.18 bits per heavy atom. The number of aromatic nitrogens is 2. The molecule has 0 aliphatic heterocycles. The van der Waals surface area contributed by atoms with Gasteiger partial charge in [0.25, 0.3) is 0 Å². The highest BCUT2D eigenvalue weighted by Gasteiger charge is 2.03. The van der Waals surface area contributed by atoms with Crippen LogP contribution in [-0.4, -0.2) is 29.2 Å². The largest absolute Gasteiger partial charge is 0.478 e. The molecule has 0 aromatic carbocycles. The summed E-state index contributed by atoms with van der Waals surface area (Å²) in [6, 6.07) is 2.06. The molecule has 0 amide bonds. The number of hydrogen-bond acceptors (Lipinski definition) is 5. The second kappa shape index (κ2) is 7.06. The fourth-order valence-corrected chi connectivity index (χ4v) is 1.44. The minimum absolute atomic E-state index is 0.247. The Balaban J connectivity index is 2.52. The van der Waals surface area contributed by atoms with E-state index >= 15 is 0 Å². The summed E-state index contributed by atoms with van der Waals surface area (Å²) < 4.78 is 5.36. The molecule has 5 nitrogen and oxygen atoms in total. The first-order chi connectivity index (χ1) is 8.15. The average Bonchev–Trinajstić information content (AvgIpc) is 2.28.